The van der Waals surface area contributed by atoms with Gasteiger partial charge in [-0.15, -0.1) is 0 Å². The van der Waals surface area contributed by atoms with E-state index >= 15 is 0 Å². The van der Waals surface area contributed by atoms with E-state index in [0.29, 0.717) is 0 Å². The second-order valence-corrected chi connectivity index (χ2v) is 4.42. The fourth-order valence-corrected chi connectivity index (χ4v) is 1.91. The zero-order valence-corrected chi connectivity index (χ0v) is 9.76. The molecule has 1 rings (SSSR count). The van der Waals surface area contributed by atoms with Crippen molar-refractivity contribution in [2.45, 2.75) is 19.3 Å². The van der Waals surface area contributed by atoms with E-state index in [1.54, 1.807) is 0 Å². The Morgan fingerprint density at radius 3 is 1.64 bits per heavy atom. The standard InChI is InChI=1S/C11H25N3/c1-13-8-3-6-12-7-4-9-14(2)11-5-10-13/h12H,3-11H2,1-2H3. The zero-order chi connectivity index (χ0) is 10.2. The summed E-state index contributed by atoms with van der Waals surface area (Å²) in [5, 5.41) is 3.49. The van der Waals surface area contributed by atoms with E-state index in [0.717, 1.165) is 0 Å². The van der Waals surface area contributed by atoms with Gasteiger partial charge in [0.25, 0.3) is 0 Å². The van der Waals surface area contributed by atoms with Crippen molar-refractivity contribution in [2.75, 3.05) is 53.4 Å². The highest BCUT2D eigenvalue weighted by Crippen LogP contribution is 1.95. The summed E-state index contributed by atoms with van der Waals surface area (Å²) in [5.74, 6) is 0. The molecule has 0 unspecified atom stereocenters. The molecule has 0 aromatic carbocycles. The average molecular weight is 199 g/mol. The maximum Gasteiger partial charge on any atom is -0.000959 e. The molecule has 3 heteroatoms. The second kappa shape index (κ2) is 7.21. The molecule has 0 radical (unpaired) electrons. The molecule has 1 aliphatic rings. The van der Waals surface area contributed by atoms with Gasteiger partial charge in [0, 0.05) is 0 Å². The summed E-state index contributed by atoms with van der Waals surface area (Å²) in [6.45, 7) is 7.30. The number of hydrogen-bond acceptors (Lipinski definition) is 3. The minimum atomic E-state index is 1.17. The van der Waals surface area contributed by atoms with Crippen LogP contribution in [0.4, 0.5) is 0 Å². The highest BCUT2D eigenvalue weighted by Gasteiger charge is 2.02. The van der Waals surface area contributed by atoms with E-state index in [9.17, 15) is 0 Å². The Bertz CT molecular complexity index is 124. The molecule has 0 spiro atoms. The third kappa shape index (κ3) is 5.58. The van der Waals surface area contributed by atoms with Crippen LogP contribution >= 0.6 is 0 Å². The van der Waals surface area contributed by atoms with Crippen LogP contribution in [0.5, 0.6) is 0 Å². The van der Waals surface area contributed by atoms with Gasteiger partial charge in [0.05, 0.1) is 0 Å². The van der Waals surface area contributed by atoms with Crippen molar-refractivity contribution in [1.29, 1.82) is 0 Å². The summed E-state index contributed by atoms with van der Waals surface area (Å²) in [4.78, 5) is 4.88. The lowest BCUT2D eigenvalue weighted by molar-refractivity contribution is 0.267. The Morgan fingerprint density at radius 2 is 1.14 bits per heavy atom. The first kappa shape index (κ1) is 12.0. The van der Waals surface area contributed by atoms with Crippen LogP contribution in [0.1, 0.15) is 19.3 Å². The van der Waals surface area contributed by atoms with E-state index in [4.69, 9.17) is 0 Å². The Labute approximate surface area is 88.5 Å². The SMILES string of the molecule is CN1CCCNCCCN(C)CCC1. The normalized spacial score (nSPS) is 25.3. The Morgan fingerprint density at radius 1 is 0.714 bits per heavy atom. The van der Waals surface area contributed by atoms with Crippen LogP contribution in [-0.4, -0.2) is 63.2 Å². The van der Waals surface area contributed by atoms with Gasteiger partial charge in [-0.05, 0) is 72.6 Å². The molecular weight excluding hydrogens is 174 g/mol. The minimum absolute atomic E-state index is 1.17. The molecule has 0 aromatic heterocycles. The quantitative estimate of drug-likeness (QED) is 0.617. The lowest BCUT2D eigenvalue weighted by Crippen LogP contribution is -2.31. The molecule has 14 heavy (non-hydrogen) atoms. The molecule has 0 aromatic rings. The van der Waals surface area contributed by atoms with Crippen LogP contribution in [-0.2, 0) is 0 Å². The first-order chi connectivity index (χ1) is 6.79. The van der Waals surface area contributed by atoms with Crippen molar-refractivity contribution in [2.24, 2.45) is 0 Å². The highest BCUT2D eigenvalue weighted by molar-refractivity contribution is 4.60. The van der Waals surface area contributed by atoms with Crippen molar-refractivity contribution in [1.82, 2.24) is 15.1 Å². The second-order valence-electron chi connectivity index (χ2n) is 4.42. The van der Waals surface area contributed by atoms with Gasteiger partial charge < -0.3 is 15.1 Å². The Kier molecular flexibility index (Phi) is 6.15. The number of nitrogens with one attached hydrogen (secondary N) is 1. The molecule has 1 aliphatic heterocycles. The first-order valence-corrected chi connectivity index (χ1v) is 5.87. The van der Waals surface area contributed by atoms with Gasteiger partial charge in [-0.25, -0.2) is 0 Å². The number of hydrogen-bond donors (Lipinski definition) is 1. The summed E-state index contributed by atoms with van der Waals surface area (Å²) in [5.41, 5.74) is 0. The molecule has 0 amide bonds. The smallest absolute Gasteiger partial charge is 0.000959 e. The lowest BCUT2D eigenvalue weighted by Gasteiger charge is -2.21. The van der Waals surface area contributed by atoms with Crippen molar-refractivity contribution < 1.29 is 0 Å². The van der Waals surface area contributed by atoms with E-state index in [-0.39, 0.29) is 0 Å². The van der Waals surface area contributed by atoms with Gasteiger partial charge in [-0.3, -0.25) is 0 Å². The molecule has 1 saturated heterocycles. The van der Waals surface area contributed by atoms with Gasteiger partial charge in [0.2, 0.25) is 0 Å². The highest BCUT2D eigenvalue weighted by atomic mass is 15.1. The van der Waals surface area contributed by atoms with Crippen molar-refractivity contribution in [3.63, 3.8) is 0 Å². The third-order valence-electron chi connectivity index (χ3n) is 2.87. The number of rotatable bonds is 0. The topological polar surface area (TPSA) is 18.5 Å². The van der Waals surface area contributed by atoms with Crippen molar-refractivity contribution in [3.8, 4) is 0 Å². The summed E-state index contributed by atoms with van der Waals surface area (Å²) < 4.78 is 0. The third-order valence-corrected chi connectivity index (χ3v) is 2.87. The molecule has 0 bridgehead atoms. The predicted octanol–water partition coefficient (Wildman–Crippen LogP) is 0.624. The fourth-order valence-electron chi connectivity index (χ4n) is 1.91. The maximum absolute atomic E-state index is 3.49. The lowest BCUT2D eigenvalue weighted by atomic mass is 10.3. The molecule has 0 saturated carbocycles. The molecule has 0 atom stereocenters. The summed E-state index contributed by atoms with van der Waals surface area (Å²) >= 11 is 0. The van der Waals surface area contributed by atoms with Crippen LogP contribution in [0.25, 0.3) is 0 Å². The fraction of sp³-hybridized carbons (Fsp3) is 1.00. The van der Waals surface area contributed by atoms with Gasteiger partial charge >= 0.3 is 0 Å². The van der Waals surface area contributed by atoms with E-state index in [1.165, 1.54) is 58.5 Å². The van der Waals surface area contributed by atoms with Gasteiger partial charge in [0.15, 0.2) is 0 Å². The van der Waals surface area contributed by atoms with Crippen molar-refractivity contribution >= 4 is 0 Å². The molecular formula is C11H25N3. The molecule has 0 aliphatic carbocycles. The molecule has 1 heterocycles. The van der Waals surface area contributed by atoms with Gasteiger partial charge in [-0.1, -0.05) is 0 Å². The van der Waals surface area contributed by atoms with Crippen LogP contribution in [0.15, 0.2) is 0 Å². The van der Waals surface area contributed by atoms with E-state index in [1.807, 2.05) is 0 Å². The van der Waals surface area contributed by atoms with Crippen molar-refractivity contribution in [3.05, 3.63) is 0 Å². The maximum atomic E-state index is 3.49. The first-order valence-electron chi connectivity index (χ1n) is 5.87. The molecule has 1 N–H and O–H groups in total. The molecule has 3 nitrogen and oxygen atoms in total. The Balaban J connectivity index is 2.21. The summed E-state index contributed by atoms with van der Waals surface area (Å²) in [7, 11) is 4.46. The number of nitrogens with zero attached hydrogens (tertiary/aromatic N) is 2. The Hall–Kier alpha value is -0.120. The van der Waals surface area contributed by atoms with Gasteiger partial charge in [-0.2, -0.15) is 0 Å². The largest absolute Gasteiger partial charge is 0.317 e. The van der Waals surface area contributed by atoms with Gasteiger partial charge in [0.1, 0.15) is 0 Å². The summed E-state index contributed by atoms with van der Waals surface area (Å²) in [6, 6.07) is 0. The molecule has 84 valence electrons. The average Bonchev–Trinajstić information content (AvgIpc) is 2.14. The van der Waals surface area contributed by atoms with E-state index in [2.05, 4.69) is 29.2 Å². The summed E-state index contributed by atoms with van der Waals surface area (Å²) in [6.07, 6.45) is 3.87. The van der Waals surface area contributed by atoms with Crippen LogP contribution < -0.4 is 5.32 Å². The zero-order valence-electron chi connectivity index (χ0n) is 9.76. The molecule has 1 fully saturated rings. The predicted molar refractivity (Wildman–Crippen MR) is 61.7 cm³/mol. The van der Waals surface area contributed by atoms with Crippen LogP contribution in [0, 0.1) is 0 Å². The monoisotopic (exact) mass is 199 g/mol. The van der Waals surface area contributed by atoms with Crippen LogP contribution in [0.2, 0.25) is 0 Å². The van der Waals surface area contributed by atoms with Crippen LogP contribution in [0.3, 0.4) is 0 Å². The minimum Gasteiger partial charge on any atom is -0.317 e. The van der Waals surface area contributed by atoms with E-state index < -0.39 is 0 Å².